The van der Waals surface area contributed by atoms with Crippen LogP contribution in [0.4, 0.5) is 0 Å². The van der Waals surface area contributed by atoms with E-state index in [0.29, 0.717) is 39.1 Å². The van der Waals surface area contributed by atoms with Gasteiger partial charge in [-0.25, -0.2) is 0 Å². The molecule has 0 saturated heterocycles. The molecule has 0 aliphatic heterocycles. The average Bonchev–Trinajstić information content (AvgIpc) is 2.57. The first-order valence-electron chi connectivity index (χ1n) is 9.43. The Morgan fingerprint density at radius 3 is 1.46 bits per heavy atom. The van der Waals surface area contributed by atoms with E-state index >= 15 is 0 Å². The predicted molar refractivity (Wildman–Crippen MR) is 95.9 cm³/mol. The molecule has 2 N–H and O–H groups in total. The van der Waals surface area contributed by atoms with Gasteiger partial charge in [0.05, 0.1) is 26.1 Å². The summed E-state index contributed by atoms with van der Waals surface area (Å²) in [5.41, 5.74) is 0. The summed E-state index contributed by atoms with van der Waals surface area (Å²) < 4.78 is 10.2. The largest absolute Gasteiger partial charge is 0.466 e. The van der Waals surface area contributed by atoms with Crippen LogP contribution in [0.15, 0.2) is 0 Å². The topological polar surface area (TPSA) is 76.7 Å². The van der Waals surface area contributed by atoms with Crippen molar-refractivity contribution < 1.29 is 19.1 Å². The van der Waals surface area contributed by atoms with E-state index < -0.39 is 0 Å². The molecule has 0 aliphatic carbocycles. The number of carbonyl (C=O) groups is 2. The minimum absolute atomic E-state index is 0.122. The fraction of sp³-hybridized carbons (Fsp3) is 0.889. The zero-order chi connectivity index (χ0) is 17.9. The van der Waals surface area contributed by atoms with Gasteiger partial charge in [0.2, 0.25) is 0 Å². The van der Waals surface area contributed by atoms with Crippen LogP contribution >= 0.6 is 0 Å². The number of rotatable bonds is 17. The van der Waals surface area contributed by atoms with Crippen molar-refractivity contribution in [1.82, 2.24) is 10.6 Å². The zero-order valence-corrected chi connectivity index (χ0v) is 15.5. The van der Waals surface area contributed by atoms with Gasteiger partial charge < -0.3 is 20.1 Å². The molecule has 0 aromatic heterocycles. The van der Waals surface area contributed by atoms with Crippen molar-refractivity contribution in [2.75, 3.05) is 39.4 Å². The van der Waals surface area contributed by atoms with Crippen molar-refractivity contribution in [3.05, 3.63) is 0 Å². The Hall–Kier alpha value is -1.14. The third kappa shape index (κ3) is 17.2. The highest BCUT2D eigenvalue weighted by atomic mass is 16.5. The Bertz CT molecular complexity index is 281. The summed E-state index contributed by atoms with van der Waals surface area (Å²) in [6.45, 7) is 8.34. The minimum atomic E-state index is -0.122. The van der Waals surface area contributed by atoms with E-state index in [1.54, 1.807) is 0 Å². The Morgan fingerprint density at radius 1 is 0.667 bits per heavy atom. The highest BCUT2D eigenvalue weighted by Gasteiger charge is 2.02. The van der Waals surface area contributed by atoms with Crippen LogP contribution in [-0.4, -0.2) is 51.3 Å². The summed E-state index contributed by atoms with van der Waals surface area (Å²) in [6.07, 6.45) is 6.90. The van der Waals surface area contributed by atoms with Crippen molar-refractivity contribution in [2.24, 2.45) is 0 Å². The van der Waals surface area contributed by atoms with Crippen molar-refractivity contribution >= 4 is 11.9 Å². The Morgan fingerprint density at radius 2 is 1.08 bits per heavy atom. The Labute approximate surface area is 147 Å². The van der Waals surface area contributed by atoms with Crippen molar-refractivity contribution in [2.45, 2.75) is 65.2 Å². The second-order valence-electron chi connectivity index (χ2n) is 5.86. The lowest BCUT2D eigenvalue weighted by Gasteiger charge is -2.07. The summed E-state index contributed by atoms with van der Waals surface area (Å²) >= 11 is 0. The standard InChI is InChI=1S/C18H36N2O4/c1-3-5-15-23-17(21)9-13-19-11-7-8-12-20-14-10-18(22)24-16-6-4-2/h19-20H,3-16H2,1-2H3. The third-order valence-electron chi connectivity index (χ3n) is 3.49. The van der Waals surface area contributed by atoms with Crippen LogP contribution in [0.1, 0.15) is 65.2 Å². The van der Waals surface area contributed by atoms with Crippen molar-refractivity contribution in [3.8, 4) is 0 Å². The van der Waals surface area contributed by atoms with E-state index in [1.165, 1.54) is 0 Å². The quantitative estimate of drug-likeness (QED) is 0.312. The number of carbonyl (C=O) groups excluding carboxylic acids is 2. The van der Waals surface area contributed by atoms with Crippen LogP contribution in [0.25, 0.3) is 0 Å². The predicted octanol–water partition coefficient (Wildman–Crippen LogP) is 2.41. The number of hydrogen-bond acceptors (Lipinski definition) is 6. The molecule has 0 radical (unpaired) electrons. The molecule has 0 rings (SSSR count). The van der Waals surface area contributed by atoms with Gasteiger partial charge in [-0.1, -0.05) is 26.7 Å². The molecule has 0 amide bonds. The van der Waals surface area contributed by atoms with Gasteiger partial charge in [0.15, 0.2) is 0 Å². The number of unbranched alkanes of at least 4 members (excludes halogenated alkanes) is 3. The molecule has 0 fully saturated rings. The first-order chi connectivity index (χ1) is 11.7. The summed E-state index contributed by atoms with van der Waals surface area (Å²) in [7, 11) is 0. The molecular weight excluding hydrogens is 308 g/mol. The van der Waals surface area contributed by atoms with E-state index in [1.807, 2.05) is 0 Å². The molecular formula is C18H36N2O4. The minimum Gasteiger partial charge on any atom is -0.466 e. The van der Waals surface area contributed by atoms with Gasteiger partial charge in [-0.2, -0.15) is 0 Å². The zero-order valence-electron chi connectivity index (χ0n) is 15.5. The maximum atomic E-state index is 11.4. The summed E-state index contributed by atoms with van der Waals surface area (Å²) in [4.78, 5) is 22.7. The summed E-state index contributed by atoms with van der Waals surface area (Å²) in [6, 6.07) is 0. The lowest BCUT2D eigenvalue weighted by atomic mass is 10.3. The van der Waals surface area contributed by atoms with E-state index in [0.717, 1.165) is 51.6 Å². The number of hydrogen-bond donors (Lipinski definition) is 2. The first-order valence-corrected chi connectivity index (χ1v) is 9.43. The molecule has 142 valence electrons. The SMILES string of the molecule is CCCCOC(=O)CCNCCCCNCCC(=O)OCCCC. The highest BCUT2D eigenvalue weighted by molar-refractivity contribution is 5.69. The molecule has 6 nitrogen and oxygen atoms in total. The number of nitrogens with one attached hydrogen (secondary N) is 2. The molecule has 0 bridgehead atoms. The highest BCUT2D eigenvalue weighted by Crippen LogP contribution is 1.93. The molecule has 0 heterocycles. The third-order valence-corrected chi connectivity index (χ3v) is 3.49. The summed E-state index contributed by atoms with van der Waals surface area (Å²) in [5.74, 6) is -0.244. The van der Waals surface area contributed by atoms with Gasteiger partial charge in [0.25, 0.3) is 0 Å². The molecule has 0 aliphatic rings. The lowest BCUT2D eigenvalue weighted by Crippen LogP contribution is -2.23. The number of esters is 2. The van der Waals surface area contributed by atoms with Gasteiger partial charge in [0, 0.05) is 13.1 Å². The van der Waals surface area contributed by atoms with E-state index in [2.05, 4.69) is 24.5 Å². The molecule has 0 unspecified atom stereocenters. The summed E-state index contributed by atoms with van der Waals surface area (Å²) in [5, 5.41) is 6.48. The fourth-order valence-electron chi connectivity index (χ4n) is 1.94. The van der Waals surface area contributed by atoms with Crippen LogP contribution in [0.2, 0.25) is 0 Å². The number of ether oxygens (including phenoxy) is 2. The van der Waals surface area contributed by atoms with E-state index in [-0.39, 0.29) is 11.9 Å². The maximum Gasteiger partial charge on any atom is 0.307 e. The Kier molecular flexibility index (Phi) is 17.3. The van der Waals surface area contributed by atoms with Crippen LogP contribution in [0, 0.1) is 0 Å². The van der Waals surface area contributed by atoms with Gasteiger partial charge in [-0.05, 0) is 38.8 Å². The van der Waals surface area contributed by atoms with Crippen LogP contribution in [0.3, 0.4) is 0 Å². The van der Waals surface area contributed by atoms with Crippen molar-refractivity contribution in [3.63, 3.8) is 0 Å². The van der Waals surface area contributed by atoms with Crippen molar-refractivity contribution in [1.29, 1.82) is 0 Å². The lowest BCUT2D eigenvalue weighted by molar-refractivity contribution is -0.144. The van der Waals surface area contributed by atoms with Gasteiger partial charge in [0.1, 0.15) is 0 Å². The molecule has 0 aromatic carbocycles. The average molecular weight is 344 g/mol. The second kappa shape index (κ2) is 18.2. The van der Waals surface area contributed by atoms with Gasteiger partial charge >= 0.3 is 11.9 Å². The Balaban J connectivity index is 3.20. The molecule has 0 atom stereocenters. The van der Waals surface area contributed by atoms with E-state index in [4.69, 9.17) is 9.47 Å². The second-order valence-corrected chi connectivity index (χ2v) is 5.86. The van der Waals surface area contributed by atoms with Crippen LogP contribution in [0.5, 0.6) is 0 Å². The van der Waals surface area contributed by atoms with Gasteiger partial charge in [-0.15, -0.1) is 0 Å². The maximum absolute atomic E-state index is 11.4. The molecule has 6 heteroatoms. The molecule has 0 saturated carbocycles. The molecule has 24 heavy (non-hydrogen) atoms. The normalized spacial score (nSPS) is 10.6. The molecule has 0 spiro atoms. The smallest absolute Gasteiger partial charge is 0.307 e. The van der Waals surface area contributed by atoms with Gasteiger partial charge in [-0.3, -0.25) is 9.59 Å². The van der Waals surface area contributed by atoms with Crippen LogP contribution < -0.4 is 10.6 Å². The monoisotopic (exact) mass is 344 g/mol. The fourth-order valence-corrected chi connectivity index (χ4v) is 1.94. The van der Waals surface area contributed by atoms with E-state index in [9.17, 15) is 9.59 Å². The molecule has 0 aromatic rings. The van der Waals surface area contributed by atoms with Crippen LogP contribution in [-0.2, 0) is 19.1 Å². The first kappa shape index (κ1) is 22.9.